The molecule has 0 fully saturated rings. The Morgan fingerprint density at radius 1 is 0.690 bits per heavy atom. The fourth-order valence-corrected chi connectivity index (χ4v) is 3.13. The standard InChI is InChI=1S/C15H6Cl2F6N2O4/c16-9-3-1-7(5-11(9)24(26)27)13(14(18,19)20,15(21,22)23)8-2-4-10(17)12(6-8)25(28)29/h1-6H. The predicted molar refractivity (Wildman–Crippen MR) is 89.1 cm³/mol. The molecule has 14 heteroatoms. The van der Waals surface area contributed by atoms with E-state index in [-0.39, 0.29) is 12.1 Å². The summed E-state index contributed by atoms with van der Waals surface area (Å²) in [5, 5.41) is 20.6. The molecule has 0 bridgehead atoms. The molecule has 29 heavy (non-hydrogen) atoms. The summed E-state index contributed by atoms with van der Waals surface area (Å²) in [5.41, 5.74) is -10.4. The van der Waals surface area contributed by atoms with E-state index in [2.05, 4.69) is 0 Å². The van der Waals surface area contributed by atoms with Crippen molar-refractivity contribution in [1.29, 1.82) is 0 Å². The van der Waals surface area contributed by atoms with E-state index in [0.717, 1.165) is 0 Å². The number of alkyl halides is 6. The molecule has 0 saturated carbocycles. The van der Waals surface area contributed by atoms with Crippen molar-refractivity contribution >= 4 is 34.6 Å². The van der Waals surface area contributed by atoms with E-state index in [1.165, 1.54) is 0 Å². The first kappa shape index (κ1) is 22.7. The van der Waals surface area contributed by atoms with Crippen molar-refractivity contribution in [3.8, 4) is 0 Å². The highest BCUT2D eigenvalue weighted by Crippen LogP contribution is 2.57. The van der Waals surface area contributed by atoms with Gasteiger partial charge in [-0.25, -0.2) is 0 Å². The van der Waals surface area contributed by atoms with E-state index >= 15 is 0 Å². The van der Waals surface area contributed by atoms with Gasteiger partial charge < -0.3 is 0 Å². The molecule has 0 saturated heterocycles. The second-order valence-electron chi connectivity index (χ2n) is 5.59. The molecule has 0 aliphatic carbocycles. The SMILES string of the molecule is O=[N+]([O-])c1cc(C(c2ccc(Cl)c([N+](=O)[O-])c2)(C(F)(F)F)C(F)(F)F)ccc1Cl. The molecule has 0 unspecified atom stereocenters. The third kappa shape index (κ3) is 3.69. The lowest BCUT2D eigenvalue weighted by Gasteiger charge is -2.38. The monoisotopic (exact) mass is 462 g/mol. The van der Waals surface area contributed by atoms with Gasteiger partial charge in [0.25, 0.3) is 11.4 Å². The van der Waals surface area contributed by atoms with Crippen molar-refractivity contribution in [1.82, 2.24) is 0 Å². The third-order valence-electron chi connectivity index (χ3n) is 4.00. The largest absolute Gasteiger partial charge is 0.411 e. The van der Waals surface area contributed by atoms with E-state index in [4.69, 9.17) is 23.2 Å². The highest BCUT2D eigenvalue weighted by Gasteiger charge is 2.73. The smallest absolute Gasteiger partial charge is 0.258 e. The van der Waals surface area contributed by atoms with Gasteiger partial charge in [0.2, 0.25) is 5.41 Å². The summed E-state index contributed by atoms with van der Waals surface area (Å²) in [5.74, 6) is 0. The lowest BCUT2D eigenvalue weighted by molar-refractivity contribution is -0.385. The molecular weight excluding hydrogens is 457 g/mol. The summed E-state index contributed by atoms with van der Waals surface area (Å²) in [4.78, 5) is 19.4. The van der Waals surface area contributed by atoms with E-state index in [9.17, 15) is 46.6 Å². The minimum atomic E-state index is -6.10. The van der Waals surface area contributed by atoms with Crippen LogP contribution in [0.1, 0.15) is 11.1 Å². The van der Waals surface area contributed by atoms with Gasteiger partial charge in [-0.15, -0.1) is 0 Å². The zero-order valence-electron chi connectivity index (χ0n) is 13.5. The molecule has 0 radical (unpaired) electrons. The van der Waals surface area contributed by atoms with Gasteiger partial charge in [0.15, 0.2) is 0 Å². The molecule has 0 N–H and O–H groups in total. The second-order valence-corrected chi connectivity index (χ2v) is 6.41. The summed E-state index contributed by atoms with van der Waals surface area (Å²) in [6.07, 6.45) is -12.2. The lowest BCUT2D eigenvalue weighted by atomic mass is 9.72. The maximum absolute atomic E-state index is 14.0. The molecule has 0 aliphatic rings. The number of nitrogens with zero attached hydrogens (tertiary/aromatic N) is 2. The minimum Gasteiger partial charge on any atom is -0.258 e. The number of hydrogen-bond donors (Lipinski definition) is 0. The average Bonchev–Trinajstić information content (AvgIpc) is 2.55. The molecule has 0 atom stereocenters. The Labute approximate surface area is 166 Å². The van der Waals surface area contributed by atoms with Crippen molar-refractivity contribution in [2.75, 3.05) is 0 Å². The minimum absolute atomic E-state index is 0.0315. The van der Waals surface area contributed by atoms with Crippen molar-refractivity contribution < 1.29 is 36.2 Å². The number of halogens is 8. The fourth-order valence-electron chi connectivity index (χ4n) is 2.75. The van der Waals surface area contributed by atoms with E-state index in [0.29, 0.717) is 24.3 Å². The van der Waals surface area contributed by atoms with Gasteiger partial charge in [-0.1, -0.05) is 35.3 Å². The molecule has 2 aromatic carbocycles. The molecule has 2 aromatic rings. The first-order valence-electron chi connectivity index (χ1n) is 7.17. The molecule has 6 nitrogen and oxygen atoms in total. The quantitative estimate of drug-likeness (QED) is 0.306. The van der Waals surface area contributed by atoms with Crippen molar-refractivity contribution in [3.05, 3.63) is 77.8 Å². The Kier molecular flexibility index (Phi) is 5.74. The van der Waals surface area contributed by atoms with Crippen LogP contribution in [0.2, 0.25) is 10.0 Å². The Morgan fingerprint density at radius 3 is 1.24 bits per heavy atom. The molecule has 2 rings (SSSR count). The number of nitro groups is 2. The zero-order chi connectivity index (χ0) is 22.4. The van der Waals surface area contributed by atoms with Crippen LogP contribution in [0.4, 0.5) is 37.7 Å². The van der Waals surface area contributed by atoms with Gasteiger partial charge in [-0.05, 0) is 23.3 Å². The maximum atomic E-state index is 14.0. The molecule has 0 aromatic heterocycles. The van der Waals surface area contributed by atoms with Crippen LogP contribution in [0.3, 0.4) is 0 Å². The summed E-state index contributed by atoms with van der Waals surface area (Å²) in [6, 6.07) is 1.71. The fraction of sp³-hybridized carbons (Fsp3) is 0.200. The van der Waals surface area contributed by atoms with E-state index in [1.54, 1.807) is 0 Å². The van der Waals surface area contributed by atoms with Crippen LogP contribution < -0.4 is 0 Å². The van der Waals surface area contributed by atoms with Gasteiger partial charge in [0.1, 0.15) is 10.0 Å². The topological polar surface area (TPSA) is 86.3 Å². The first-order valence-corrected chi connectivity index (χ1v) is 7.92. The molecular formula is C15H6Cl2F6N2O4. The van der Waals surface area contributed by atoms with Gasteiger partial charge >= 0.3 is 12.4 Å². The van der Waals surface area contributed by atoms with Crippen LogP contribution in [0.25, 0.3) is 0 Å². The molecule has 0 heterocycles. The normalized spacial score (nSPS) is 12.7. The van der Waals surface area contributed by atoms with Gasteiger partial charge in [-0.3, -0.25) is 20.2 Å². The van der Waals surface area contributed by atoms with Crippen LogP contribution >= 0.6 is 23.2 Å². The lowest BCUT2D eigenvalue weighted by Crippen LogP contribution is -2.54. The Bertz CT molecular complexity index is 914. The first-order chi connectivity index (χ1) is 13.1. The third-order valence-corrected chi connectivity index (χ3v) is 4.64. The van der Waals surface area contributed by atoms with Gasteiger partial charge in [0.05, 0.1) is 9.85 Å². The Hall–Kier alpha value is -2.60. The molecule has 0 aliphatic heterocycles. The zero-order valence-corrected chi connectivity index (χ0v) is 15.0. The van der Waals surface area contributed by atoms with Crippen LogP contribution in [0.5, 0.6) is 0 Å². The van der Waals surface area contributed by atoms with Crippen molar-refractivity contribution in [2.24, 2.45) is 0 Å². The highest BCUT2D eigenvalue weighted by molar-refractivity contribution is 6.33. The predicted octanol–water partition coefficient (Wildman–Crippen LogP) is 6.22. The summed E-state index contributed by atoms with van der Waals surface area (Å²) in [6.45, 7) is 0. The van der Waals surface area contributed by atoms with Crippen LogP contribution in [-0.2, 0) is 5.41 Å². The van der Waals surface area contributed by atoms with Crippen LogP contribution in [0, 0.1) is 20.2 Å². The molecule has 0 amide bonds. The number of hydrogen-bond acceptors (Lipinski definition) is 4. The molecule has 0 spiro atoms. The summed E-state index contributed by atoms with van der Waals surface area (Å²) in [7, 11) is 0. The molecule has 156 valence electrons. The maximum Gasteiger partial charge on any atom is 0.411 e. The number of benzene rings is 2. The van der Waals surface area contributed by atoms with Gasteiger partial charge in [0, 0.05) is 12.1 Å². The number of rotatable bonds is 4. The second kappa shape index (κ2) is 7.34. The van der Waals surface area contributed by atoms with E-state index < -0.39 is 60.2 Å². The summed E-state index contributed by atoms with van der Waals surface area (Å²) >= 11 is 11.0. The Balaban J connectivity index is 3.04. The highest BCUT2D eigenvalue weighted by atomic mass is 35.5. The average molecular weight is 463 g/mol. The van der Waals surface area contributed by atoms with Crippen LogP contribution in [0.15, 0.2) is 36.4 Å². The van der Waals surface area contributed by atoms with Gasteiger partial charge in [-0.2, -0.15) is 26.3 Å². The van der Waals surface area contributed by atoms with Crippen molar-refractivity contribution in [3.63, 3.8) is 0 Å². The number of nitro benzene ring substituents is 2. The van der Waals surface area contributed by atoms with E-state index in [1.807, 2.05) is 0 Å². The summed E-state index contributed by atoms with van der Waals surface area (Å²) < 4.78 is 83.9. The van der Waals surface area contributed by atoms with Crippen LogP contribution in [-0.4, -0.2) is 22.2 Å². The van der Waals surface area contributed by atoms with Crippen molar-refractivity contribution in [2.45, 2.75) is 17.8 Å². The Morgan fingerprint density at radius 2 is 1.00 bits per heavy atom.